The minimum atomic E-state index is -0.173. The second-order valence-corrected chi connectivity index (χ2v) is 4.85. The third kappa shape index (κ3) is 5.37. The van der Waals surface area contributed by atoms with Gasteiger partial charge in [-0.1, -0.05) is 13.8 Å². The standard InChI is InChI=1S/C12H24N2O3/c1-9(2)11(5-6-15)14-12(16)13-8-10-4-3-7-17-10/h9-11,15H,3-8H2,1-2H3,(H2,13,14,16). The van der Waals surface area contributed by atoms with Gasteiger partial charge in [-0.05, 0) is 25.2 Å². The van der Waals surface area contributed by atoms with E-state index in [1.165, 1.54) is 0 Å². The van der Waals surface area contributed by atoms with Crippen molar-refractivity contribution in [2.24, 2.45) is 5.92 Å². The van der Waals surface area contributed by atoms with Gasteiger partial charge in [-0.15, -0.1) is 0 Å². The highest BCUT2D eigenvalue weighted by Gasteiger charge is 2.18. The van der Waals surface area contributed by atoms with Gasteiger partial charge in [0.2, 0.25) is 0 Å². The minimum absolute atomic E-state index is 0.0181. The van der Waals surface area contributed by atoms with E-state index < -0.39 is 0 Å². The number of carbonyl (C=O) groups is 1. The van der Waals surface area contributed by atoms with Crippen molar-refractivity contribution in [1.29, 1.82) is 0 Å². The SMILES string of the molecule is CC(C)C(CCO)NC(=O)NCC1CCCO1. The summed E-state index contributed by atoms with van der Waals surface area (Å²) in [6, 6.07) is -0.155. The van der Waals surface area contributed by atoms with Crippen LogP contribution in [0.1, 0.15) is 33.1 Å². The van der Waals surface area contributed by atoms with E-state index in [0.29, 0.717) is 18.9 Å². The molecule has 1 fully saturated rings. The summed E-state index contributed by atoms with van der Waals surface area (Å²) in [6.45, 7) is 5.51. The summed E-state index contributed by atoms with van der Waals surface area (Å²) in [4.78, 5) is 11.6. The molecule has 1 aliphatic rings. The Bertz CT molecular complexity index is 228. The molecule has 2 unspecified atom stereocenters. The van der Waals surface area contributed by atoms with Crippen LogP contribution in [0.3, 0.4) is 0 Å². The Labute approximate surface area is 103 Å². The Morgan fingerprint density at radius 2 is 2.29 bits per heavy atom. The molecule has 2 amide bonds. The number of ether oxygens (including phenoxy) is 1. The average molecular weight is 244 g/mol. The van der Waals surface area contributed by atoms with E-state index >= 15 is 0 Å². The van der Waals surface area contributed by atoms with Crippen LogP contribution < -0.4 is 10.6 Å². The van der Waals surface area contributed by atoms with Crippen LogP contribution in [0, 0.1) is 5.92 Å². The minimum Gasteiger partial charge on any atom is -0.396 e. The summed E-state index contributed by atoms with van der Waals surface area (Å²) in [7, 11) is 0. The normalized spacial score (nSPS) is 21.5. The van der Waals surface area contributed by atoms with Crippen molar-refractivity contribution < 1.29 is 14.6 Å². The predicted octanol–water partition coefficient (Wildman–Crippen LogP) is 0.872. The van der Waals surface area contributed by atoms with Crippen molar-refractivity contribution in [3.8, 4) is 0 Å². The molecule has 17 heavy (non-hydrogen) atoms. The maximum absolute atomic E-state index is 11.6. The molecule has 0 aromatic rings. The molecule has 5 heteroatoms. The Morgan fingerprint density at radius 1 is 1.53 bits per heavy atom. The highest BCUT2D eigenvalue weighted by molar-refractivity contribution is 5.74. The number of aliphatic hydroxyl groups excluding tert-OH is 1. The zero-order chi connectivity index (χ0) is 12.7. The number of nitrogens with one attached hydrogen (secondary N) is 2. The van der Waals surface area contributed by atoms with E-state index in [-0.39, 0.29) is 24.8 Å². The molecule has 0 spiro atoms. The van der Waals surface area contributed by atoms with Crippen LogP contribution in [0.4, 0.5) is 4.79 Å². The second kappa shape index (κ2) is 7.50. The van der Waals surface area contributed by atoms with Crippen molar-refractivity contribution >= 4 is 6.03 Å². The molecule has 1 rings (SSSR count). The van der Waals surface area contributed by atoms with E-state index in [1.54, 1.807) is 0 Å². The van der Waals surface area contributed by atoms with Crippen LogP contribution in [-0.2, 0) is 4.74 Å². The summed E-state index contributed by atoms with van der Waals surface area (Å²) < 4.78 is 5.42. The molecule has 0 radical (unpaired) electrons. The molecule has 5 nitrogen and oxygen atoms in total. The van der Waals surface area contributed by atoms with Crippen LogP contribution >= 0.6 is 0 Å². The summed E-state index contributed by atoms with van der Waals surface area (Å²) in [6.07, 6.45) is 2.85. The van der Waals surface area contributed by atoms with Gasteiger partial charge in [0.1, 0.15) is 0 Å². The number of amides is 2. The fourth-order valence-corrected chi connectivity index (χ4v) is 1.94. The monoisotopic (exact) mass is 244 g/mol. The summed E-state index contributed by atoms with van der Waals surface area (Å²) in [5, 5.41) is 14.6. The first-order valence-corrected chi connectivity index (χ1v) is 6.40. The van der Waals surface area contributed by atoms with Crippen LogP contribution in [-0.4, -0.2) is 43.0 Å². The number of aliphatic hydroxyl groups is 1. The first kappa shape index (κ1) is 14.3. The quantitative estimate of drug-likeness (QED) is 0.649. The molecule has 3 N–H and O–H groups in total. The lowest BCUT2D eigenvalue weighted by molar-refractivity contribution is 0.111. The molecule has 0 aliphatic carbocycles. The molecule has 0 aromatic heterocycles. The molecule has 2 atom stereocenters. The van der Waals surface area contributed by atoms with Gasteiger partial charge in [0.15, 0.2) is 0 Å². The fourth-order valence-electron chi connectivity index (χ4n) is 1.94. The molecule has 1 aliphatic heterocycles. The molecule has 0 saturated carbocycles. The lowest BCUT2D eigenvalue weighted by Gasteiger charge is -2.22. The lowest BCUT2D eigenvalue weighted by atomic mass is 10.0. The van der Waals surface area contributed by atoms with Gasteiger partial charge in [0, 0.05) is 25.8 Å². The molecule has 1 saturated heterocycles. The number of rotatable bonds is 6. The van der Waals surface area contributed by atoms with Gasteiger partial charge in [0.25, 0.3) is 0 Å². The van der Waals surface area contributed by atoms with Gasteiger partial charge < -0.3 is 20.5 Å². The maximum atomic E-state index is 11.6. The third-order valence-electron chi connectivity index (χ3n) is 3.08. The summed E-state index contributed by atoms with van der Waals surface area (Å²) in [5.74, 6) is 0.315. The van der Waals surface area contributed by atoms with Crippen molar-refractivity contribution in [2.75, 3.05) is 19.8 Å². The molecular formula is C12H24N2O3. The average Bonchev–Trinajstić information content (AvgIpc) is 2.78. The lowest BCUT2D eigenvalue weighted by Crippen LogP contribution is -2.46. The van der Waals surface area contributed by atoms with Crippen LogP contribution in [0.25, 0.3) is 0 Å². The number of hydrogen-bond donors (Lipinski definition) is 3. The zero-order valence-corrected chi connectivity index (χ0v) is 10.7. The Hall–Kier alpha value is -0.810. The number of urea groups is 1. The Morgan fingerprint density at radius 3 is 2.82 bits per heavy atom. The molecular weight excluding hydrogens is 220 g/mol. The number of carbonyl (C=O) groups excluding carboxylic acids is 1. The third-order valence-corrected chi connectivity index (χ3v) is 3.08. The second-order valence-electron chi connectivity index (χ2n) is 4.85. The largest absolute Gasteiger partial charge is 0.396 e. The summed E-state index contributed by atoms with van der Waals surface area (Å²) in [5.41, 5.74) is 0. The van der Waals surface area contributed by atoms with Gasteiger partial charge in [-0.25, -0.2) is 4.79 Å². The Balaban J connectivity index is 2.21. The zero-order valence-electron chi connectivity index (χ0n) is 10.7. The van der Waals surface area contributed by atoms with Gasteiger partial charge in [-0.2, -0.15) is 0 Å². The van der Waals surface area contributed by atoms with Gasteiger partial charge >= 0.3 is 6.03 Å². The first-order valence-electron chi connectivity index (χ1n) is 6.40. The predicted molar refractivity (Wildman–Crippen MR) is 65.8 cm³/mol. The van der Waals surface area contributed by atoms with E-state index in [9.17, 15) is 4.79 Å². The van der Waals surface area contributed by atoms with Crippen molar-refractivity contribution in [2.45, 2.75) is 45.3 Å². The van der Waals surface area contributed by atoms with Crippen LogP contribution in [0.5, 0.6) is 0 Å². The fraction of sp³-hybridized carbons (Fsp3) is 0.917. The van der Waals surface area contributed by atoms with Gasteiger partial charge in [-0.3, -0.25) is 0 Å². The summed E-state index contributed by atoms with van der Waals surface area (Å²) >= 11 is 0. The number of hydrogen-bond acceptors (Lipinski definition) is 3. The van der Waals surface area contributed by atoms with Gasteiger partial charge in [0.05, 0.1) is 6.10 Å². The van der Waals surface area contributed by atoms with Crippen molar-refractivity contribution in [3.05, 3.63) is 0 Å². The molecule has 0 aromatic carbocycles. The van der Waals surface area contributed by atoms with E-state index in [0.717, 1.165) is 19.4 Å². The smallest absolute Gasteiger partial charge is 0.315 e. The maximum Gasteiger partial charge on any atom is 0.315 e. The van der Waals surface area contributed by atoms with Crippen LogP contribution in [0.15, 0.2) is 0 Å². The first-order chi connectivity index (χ1) is 8.13. The Kier molecular flexibility index (Phi) is 6.29. The van der Waals surface area contributed by atoms with Crippen LogP contribution in [0.2, 0.25) is 0 Å². The highest BCUT2D eigenvalue weighted by Crippen LogP contribution is 2.10. The van der Waals surface area contributed by atoms with E-state index in [4.69, 9.17) is 9.84 Å². The van der Waals surface area contributed by atoms with Crippen molar-refractivity contribution in [3.63, 3.8) is 0 Å². The van der Waals surface area contributed by atoms with E-state index in [2.05, 4.69) is 10.6 Å². The van der Waals surface area contributed by atoms with Crippen molar-refractivity contribution in [1.82, 2.24) is 10.6 Å². The van der Waals surface area contributed by atoms with E-state index in [1.807, 2.05) is 13.8 Å². The molecule has 1 heterocycles. The molecule has 0 bridgehead atoms. The molecule has 100 valence electrons. The topological polar surface area (TPSA) is 70.6 Å². The highest BCUT2D eigenvalue weighted by atomic mass is 16.5.